The minimum atomic E-state index is -0.188. The Morgan fingerprint density at radius 2 is 2.09 bits per heavy atom. The van der Waals surface area contributed by atoms with Crippen molar-refractivity contribution in [2.75, 3.05) is 5.32 Å². The number of nitrogens with zero attached hydrogens (tertiary/aromatic N) is 3. The molecule has 1 amide bonds. The molecule has 3 heterocycles. The molecule has 3 aromatic heterocycles. The maximum atomic E-state index is 12.5. The fraction of sp³-hybridized carbons (Fsp3) is 0.333. The highest BCUT2D eigenvalue weighted by Crippen LogP contribution is 2.26. The minimum Gasteiger partial charge on any atom is -0.448 e. The number of hydrogen-bond acceptors (Lipinski definition) is 3. The Hall–Kier alpha value is -2.02. The molecule has 0 saturated carbocycles. The topological polar surface area (TPSA) is 65.0 Å². The number of nitrogens with one attached hydrogen (secondary N) is 1. The third kappa shape index (κ3) is 2.45. The highest BCUT2D eigenvalue weighted by Gasteiger charge is 2.18. The van der Waals surface area contributed by atoms with Crippen LogP contribution < -0.4 is 5.32 Å². The number of furan rings is 1. The number of aryl methyl sites for hydroxylation is 2. The molecule has 0 saturated heterocycles. The molecule has 0 bridgehead atoms. The number of amides is 1. The lowest BCUT2D eigenvalue weighted by molar-refractivity contribution is 0.101. The molecule has 0 unspecified atom stereocenters. The predicted molar refractivity (Wildman–Crippen MR) is 88.2 cm³/mol. The summed E-state index contributed by atoms with van der Waals surface area (Å²) < 4.78 is 9.75. The first kappa shape index (κ1) is 14.9. The molecule has 0 atom stereocenters. The molecule has 116 valence electrons. The standard InChI is InChI=1S/C15H17BrN4O2/c1-8(2)20-14(5-9(3)18-20)17-15(21)11-6-12-10(19(11)4)7-13(16)22-12/h5-8H,1-4H3,(H,17,21). The molecule has 0 radical (unpaired) electrons. The number of hydrogen-bond donors (Lipinski definition) is 1. The van der Waals surface area contributed by atoms with E-state index in [2.05, 4.69) is 26.3 Å². The van der Waals surface area contributed by atoms with Crippen molar-refractivity contribution in [2.24, 2.45) is 7.05 Å². The quantitative estimate of drug-likeness (QED) is 0.766. The number of aromatic nitrogens is 3. The number of carbonyl (C=O) groups excluding carboxylic acids is 1. The van der Waals surface area contributed by atoms with Crippen LogP contribution in [-0.2, 0) is 7.05 Å². The smallest absolute Gasteiger partial charge is 0.273 e. The second kappa shape index (κ2) is 5.31. The Bertz CT molecular complexity index is 857. The highest BCUT2D eigenvalue weighted by molar-refractivity contribution is 9.10. The molecular weight excluding hydrogens is 348 g/mol. The van der Waals surface area contributed by atoms with Gasteiger partial charge in [-0.15, -0.1) is 0 Å². The van der Waals surface area contributed by atoms with Gasteiger partial charge in [-0.3, -0.25) is 4.79 Å². The van der Waals surface area contributed by atoms with E-state index < -0.39 is 0 Å². The summed E-state index contributed by atoms with van der Waals surface area (Å²) in [7, 11) is 1.84. The van der Waals surface area contributed by atoms with Crippen LogP contribution in [0.5, 0.6) is 0 Å². The fourth-order valence-electron chi connectivity index (χ4n) is 2.48. The zero-order valence-corrected chi connectivity index (χ0v) is 14.4. The first-order chi connectivity index (χ1) is 10.4. The molecule has 0 aliphatic heterocycles. The van der Waals surface area contributed by atoms with Crippen LogP contribution in [0.3, 0.4) is 0 Å². The van der Waals surface area contributed by atoms with Gasteiger partial charge < -0.3 is 14.3 Å². The first-order valence-electron chi connectivity index (χ1n) is 6.99. The maximum absolute atomic E-state index is 12.5. The van der Waals surface area contributed by atoms with Crippen molar-refractivity contribution in [3.8, 4) is 0 Å². The van der Waals surface area contributed by atoms with Crippen molar-refractivity contribution in [3.05, 3.63) is 34.3 Å². The Labute approximate surface area is 136 Å². The van der Waals surface area contributed by atoms with E-state index in [0.29, 0.717) is 21.8 Å². The van der Waals surface area contributed by atoms with Gasteiger partial charge in [0.2, 0.25) is 0 Å². The van der Waals surface area contributed by atoms with Gasteiger partial charge in [0.15, 0.2) is 10.3 Å². The lowest BCUT2D eigenvalue weighted by Gasteiger charge is -2.12. The zero-order valence-electron chi connectivity index (χ0n) is 12.8. The SMILES string of the molecule is Cc1cc(NC(=O)c2cc3oc(Br)cc3n2C)n(C(C)C)n1. The van der Waals surface area contributed by atoms with Gasteiger partial charge in [0.25, 0.3) is 5.91 Å². The number of anilines is 1. The van der Waals surface area contributed by atoms with Crippen LogP contribution in [0.2, 0.25) is 0 Å². The van der Waals surface area contributed by atoms with Crippen LogP contribution >= 0.6 is 15.9 Å². The van der Waals surface area contributed by atoms with E-state index in [1.807, 2.05) is 44.5 Å². The lowest BCUT2D eigenvalue weighted by Crippen LogP contribution is -2.19. The third-order valence-corrected chi connectivity index (χ3v) is 3.91. The van der Waals surface area contributed by atoms with E-state index in [9.17, 15) is 4.79 Å². The third-order valence-electron chi connectivity index (χ3n) is 3.52. The zero-order chi connectivity index (χ0) is 16.0. The van der Waals surface area contributed by atoms with Crippen molar-refractivity contribution < 1.29 is 9.21 Å². The Balaban J connectivity index is 1.93. The van der Waals surface area contributed by atoms with Gasteiger partial charge in [0, 0.05) is 31.3 Å². The monoisotopic (exact) mass is 364 g/mol. The van der Waals surface area contributed by atoms with Crippen molar-refractivity contribution in [1.29, 1.82) is 0 Å². The van der Waals surface area contributed by atoms with Crippen molar-refractivity contribution >= 4 is 38.8 Å². The molecule has 0 fully saturated rings. The second-order valence-corrected chi connectivity index (χ2v) is 6.33. The summed E-state index contributed by atoms with van der Waals surface area (Å²) in [6, 6.07) is 5.61. The highest BCUT2D eigenvalue weighted by atomic mass is 79.9. The molecular formula is C15H17BrN4O2. The van der Waals surface area contributed by atoms with Gasteiger partial charge in [-0.1, -0.05) is 0 Å². The summed E-state index contributed by atoms with van der Waals surface area (Å²) in [6.45, 7) is 5.95. The fourth-order valence-corrected chi connectivity index (χ4v) is 2.87. The predicted octanol–water partition coefficient (Wildman–Crippen LogP) is 3.87. The Kier molecular flexibility index (Phi) is 3.60. The summed E-state index contributed by atoms with van der Waals surface area (Å²) in [5.74, 6) is 0.503. The van der Waals surface area contributed by atoms with Gasteiger partial charge in [-0.25, -0.2) is 4.68 Å². The first-order valence-corrected chi connectivity index (χ1v) is 7.78. The van der Waals surface area contributed by atoms with E-state index in [1.54, 1.807) is 10.7 Å². The summed E-state index contributed by atoms with van der Waals surface area (Å²) in [5, 5.41) is 7.32. The van der Waals surface area contributed by atoms with Crippen LogP contribution in [0, 0.1) is 6.92 Å². The maximum Gasteiger partial charge on any atom is 0.273 e. The lowest BCUT2D eigenvalue weighted by atomic mass is 10.3. The van der Waals surface area contributed by atoms with E-state index in [0.717, 1.165) is 11.2 Å². The number of halogens is 1. The molecule has 7 heteroatoms. The van der Waals surface area contributed by atoms with Gasteiger partial charge in [-0.2, -0.15) is 5.10 Å². The van der Waals surface area contributed by atoms with E-state index in [1.165, 1.54) is 0 Å². The normalized spacial score (nSPS) is 11.5. The molecule has 0 aromatic carbocycles. The Morgan fingerprint density at radius 3 is 2.73 bits per heavy atom. The van der Waals surface area contributed by atoms with Crippen LogP contribution in [0.25, 0.3) is 11.1 Å². The van der Waals surface area contributed by atoms with Crippen molar-refractivity contribution in [2.45, 2.75) is 26.8 Å². The molecule has 6 nitrogen and oxygen atoms in total. The van der Waals surface area contributed by atoms with Crippen LogP contribution in [0.15, 0.2) is 27.3 Å². The van der Waals surface area contributed by atoms with Crippen LogP contribution in [-0.4, -0.2) is 20.3 Å². The molecule has 3 aromatic rings. The second-order valence-electron chi connectivity index (χ2n) is 5.55. The summed E-state index contributed by atoms with van der Waals surface area (Å²) >= 11 is 3.29. The van der Waals surface area contributed by atoms with Crippen molar-refractivity contribution in [3.63, 3.8) is 0 Å². The average molecular weight is 365 g/mol. The van der Waals surface area contributed by atoms with Gasteiger partial charge >= 0.3 is 0 Å². The molecule has 3 rings (SSSR count). The molecule has 1 N–H and O–H groups in total. The average Bonchev–Trinajstić information content (AvgIpc) is 3.05. The van der Waals surface area contributed by atoms with Crippen molar-refractivity contribution in [1.82, 2.24) is 14.3 Å². The van der Waals surface area contributed by atoms with E-state index in [4.69, 9.17) is 4.42 Å². The molecule has 22 heavy (non-hydrogen) atoms. The van der Waals surface area contributed by atoms with Gasteiger partial charge in [0.1, 0.15) is 11.5 Å². The van der Waals surface area contributed by atoms with Gasteiger partial charge in [-0.05, 0) is 36.7 Å². The molecule has 0 aliphatic carbocycles. The number of fused-ring (bicyclic) bond motifs is 1. The summed E-state index contributed by atoms with van der Waals surface area (Å²) in [5.41, 5.74) is 2.95. The minimum absolute atomic E-state index is 0.171. The summed E-state index contributed by atoms with van der Waals surface area (Å²) in [4.78, 5) is 12.5. The van der Waals surface area contributed by atoms with Gasteiger partial charge in [0.05, 0.1) is 11.2 Å². The summed E-state index contributed by atoms with van der Waals surface area (Å²) in [6.07, 6.45) is 0. The van der Waals surface area contributed by atoms with Crippen LogP contribution in [0.4, 0.5) is 5.82 Å². The molecule has 0 aliphatic rings. The number of rotatable bonds is 3. The molecule has 0 spiro atoms. The van der Waals surface area contributed by atoms with Crippen LogP contribution in [0.1, 0.15) is 36.1 Å². The largest absolute Gasteiger partial charge is 0.448 e. The Morgan fingerprint density at radius 1 is 1.36 bits per heavy atom. The van der Waals surface area contributed by atoms with E-state index >= 15 is 0 Å². The number of carbonyl (C=O) groups is 1. The van der Waals surface area contributed by atoms with E-state index in [-0.39, 0.29) is 11.9 Å².